The van der Waals surface area contributed by atoms with E-state index in [9.17, 15) is 18.3 Å². The maximum atomic E-state index is 11.8. The van der Waals surface area contributed by atoms with Crippen molar-refractivity contribution < 1.29 is 23.0 Å². The van der Waals surface area contributed by atoms with Crippen LogP contribution in [-0.2, 0) is 0 Å². The van der Waals surface area contributed by atoms with Crippen LogP contribution in [0.15, 0.2) is 18.2 Å². The van der Waals surface area contributed by atoms with Gasteiger partial charge >= 0.3 is 6.36 Å². The summed E-state index contributed by atoms with van der Waals surface area (Å²) in [6.45, 7) is 3.67. The molecule has 1 aromatic carbocycles. The van der Waals surface area contributed by atoms with Gasteiger partial charge in [0.15, 0.2) is 0 Å². The Morgan fingerprint density at radius 2 is 1.87 bits per heavy atom. The van der Waals surface area contributed by atoms with Gasteiger partial charge in [0, 0.05) is 6.07 Å². The van der Waals surface area contributed by atoms with E-state index in [0.717, 1.165) is 6.07 Å². The average Bonchev–Trinajstić information content (AvgIpc) is 1.99. The zero-order chi connectivity index (χ0) is 11.6. The molecule has 0 aliphatic carbocycles. The second-order valence-corrected chi connectivity index (χ2v) is 3.42. The molecule has 0 amide bonds. The Hall–Kier alpha value is -1.39. The van der Waals surface area contributed by atoms with E-state index in [0.29, 0.717) is 5.56 Å². The standard InChI is InChI=1S/C10H11F3O2/c1-6(2)8-4-3-7(5-9(8)14)15-10(11,12)13/h3-6,14H,1-2H3. The fourth-order valence-electron chi connectivity index (χ4n) is 1.21. The molecule has 0 atom stereocenters. The van der Waals surface area contributed by atoms with Gasteiger partial charge in [-0.3, -0.25) is 0 Å². The maximum absolute atomic E-state index is 11.8. The number of benzene rings is 1. The van der Waals surface area contributed by atoms with Crippen molar-refractivity contribution in [2.75, 3.05) is 0 Å². The second-order valence-electron chi connectivity index (χ2n) is 3.42. The van der Waals surface area contributed by atoms with E-state index in [1.807, 2.05) is 13.8 Å². The molecule has 0 heterocycles. The summed E-state index contributed by atoms with van der Waals surface area (Å²) in [7, 11) is 0. The molecule has 84 valence electrons. The second kappa shape index (κ2) is 4.00. The number of hydrogen-bond donors (Lipinski definition) is 1. The van der Waals surface area contributed by atoms with Gasteiger partial charge < -0.3 is 9.84 Å². The maximum Gasteiger partial charge on any atom is 0.573 e. The zero-order valence-corrected chi connectivity index (χ0v) is 8.30. The van der Waals surface area contributed by atoms with Crippen LogP contribution in [0, 0.1) is 0 Å². The molecule has 1 aromatic rings. The van der Waals surface area contributed by atoms with Gasteiger partial charge in [0.25, 0.3) is 0 Å². The minimum absolute atomic E-state index is 0.0462. The SMILES string of the molecule is CC(C)c1ccc(OC(F)(F)F)cc1O. The van der Waals surface area contributed by atoms with Crippen LogP contribution in [0.1, 0.15) is 25.3 Å². The molecule has 0 aliphatic heterocycles. The first-order chi connectivity index (χ1) is 6.79. The number of hydrogen-bond acceptors (Lipinski definition) is 2. The third kappa shape index (κ3) is 3.34. The predicted molar refractivity (Wildman–Crippen MR) is 48.9 cm³/mol. The van der Waals surface area contributed by atoms with Crippen molar-refractivity contribution in [3.63, 3.8) is 0 Å². The van der Waals surface area contributed by atoms with Crippen molar-refractivity contribution in [3.05, 3.63) is 23.8 Å². The number of ether oxygens (including phenoxy) is 1. The van der Waals surface area contributed by atoms with Gasteiger partial charge in [-0.25, -0.2) is 0 Å². The highest BCUT2D eigenvalue weighted by atomic mass is 19.4. The van der Waals surface area contributed by atoms with E-state index in [2.05, 4.69) is 4.74 Å². The minimum atomic E-state index is -4.73. The van der Waals surface area contributed by atoms with Crippen molar-refractivity contribution in [3.8, 4) is 11.5 Å². The van der Waals surface area contributed by atoms with Crippen LogP contribution in [0.5, 0.6) is 11.5 Å². The minimum Gasteiger partial charge on any atom is -0.508 e. The smallest absolute Gasteiger partial charge is 0.508 e. The van der Waals surface area contributed by atoms with Crippen molar-refractivity contribution in [2.45, 2.75) is 26.1 Å². The van der Waals surface area contributed by atoms with Gasteiger partial charge in [-0.1, -0.05) is 19.9 Å². The Morgan fingerprint density at radius 1 is 1.27 bits per heavy atom. The first-order valence-electron chi connectivity index (χ1n) is 4.38. The van der Waals surface area contributed by atoms with Gasteiger partial charge in [-0.05, 0) is 17.5 Å². The molecule has 0 saturated heterocycles. The Bertz CT molecular complexity index is 345. The molecule has 0 unspecified atom stereocenters. The molecule has 0 fully saturated rings. The molecular weight excluding hydrogens is 209 g/mol. The topological polar surface area (TPSA) is 29.5 Å². The average molecular weight is 220 g/mol. The van der Waals surface area contributed by atoms with Crippen molar-refractivity contribution in [2.24, 2.45) is 0 Å². The highest BCUT2D eigenvalue weighted by Gasteiger charge is 2.31. The Labute approximate surface area is 85.3 Å². The van der Waals surface area contributed by atoms with Crippen molar-refractivity contribution in [1.29, 1.82) is 0 Å². The summed E-state index contributed by atoms with van der Waals surface area (Å²) < 4.78 is 39.1. The van der Waals surface area contributed by atoms with Gasteiger partial charge in [0.2, 0.25) is 0 Å². The highest BCUT2D eigenvalue weighted by Crippen LogP contribution is 2.31. The molecule has 0 saturated carbocycles. The fourth-order valence-corrected chi connectivity index (χ4v) is 1.21. The molecule has 1 N–H and O–H groups in total. The number of phenols is 1. The van der Waals surface area contributed by atoms with Gasteiger partial charge in [0.05, 0.1) is 0 Å². The van der Waals surface area contributed by atoms with E-state index in [4.69, 9.17) is 0 Å². The van der Waals surface area contributed by atoms with Crippen LogP contribution in [0.25, 0.3) is 0 Å². The third-order valence-corrected chi connectivity index (χ3v) is 1.86. The van der Waals surface area contributed by atoms with Crippen molar-refractivity contribution >= 4 is 0 Å². The molecule has 2 nitrogen and oxygen atoms in total. The molecule has 0 radical (unpaired) electrons. The highest BCUT2D eigenvalue weighted by molar-refractivity contribution is 5.41. The lowest BCUT2D eigenvalue weighted by molar-refractivity contribution is -0.274. The monoisotopic (exact) mass is 220 g/mol. The molecular formula is C10H11F3O2. The Kier molecular flexibility index (Phi) is 3.12. The van der Waals surface area contributed by atoms with Gasteiger partial charge in [0.1, 0.15) is 11.5 Å². The normalized spacial score (nSPS) is 11.9. The number of aromatic hydroxyl groups is 1. The van der Waals surface area contributed by atoms with Crippen molar-refractivity contribution in [1.82, 2.24) is 0 Å². The summed E-state index contributed by atoms with van der Waals surface area (Å²) in [6, 6.07) is 3.56. The predicted octanol–water partition coefficient (Wildman–Crippen LogP) is 3.41. The van der Waals surface area contributed by atoms with Gasteiger partial charge in [-0.15, -0.1) is 13.2 Å². The largest absolute Gasteiger partial charge is 0.573 e. The first-order valence-corrected chi connectivity index (χ1v) is 4.38. The molecule has 0 bridgehead atoms. The first kappa shape index (κ1) is 11.7. The van der Waals surface area contributed by atoms with Crippen LogP contribution >= 0.6 is 0 Å². The van der Waals surface area contributed by atoms with E-state index in [1.54, 1.807) is 0 Å². The van der Waals surface area contributed by atoms with Crippen LogP contribution in [0.4, 0.5) is 13.2 Å². The third-order valence-electron chi connectivity index (χ3n) is 1.86. The lowest BCUT2D eigenvalue weighted by Crippen LogP contribution is -2.17. The lowest BCUT2D eigenvalue weighted by atomic mass is 10.0. The summed E-state index contributed by atoms with van der Waals surface area (Å²) in [4.78, 5) is 0. The Balaban J connectivity index is 2.92. The summed E-state index contributed by atoms with van der Waals surface area (Å²) in [5.41, 5.74) is 0.588. The number of halogens is 3. The van der Waals surface area contributed by atoms with E-state index < -0.39 is 12.1 Å². The fraction of sp³-hybridized carbons (Fsp3) is 0.400. The van der Waals surface area contributed by atoms with Crippen LogP contribution < -0.4 is 4.74 Å². The quantitative estimate of drug-likeness (QED) is 0.827. The number of phenolic OH excluding ortho intramolecular Hbond substituents is 1. The van der Waals surface area contributed by atoms with Crippen LogP contribution in [0.3, 0.4) is 0 Å². The summed E-state index contributed by atoms with van der Waals surface area (Å²) in [6.07, 6.45) is -4.73. The van der Waals surface area contributed by atoms with Crippen LogP contribution in [0.2, 0.25) is 0 Å². The van der Waals surface area contributed by atoms with E-state index in [1.165, 1.54) is 12.1 Å². The Morgan fingerprint density at radius 3 is 2.27 bits per heavy atom. The number of alkyl halides is 3. The lowest BCUT2D eigenvalue weighted by Gasteiger charge is -2.12. The molecule has 0 spiro atoms. The molecule has 5 heteroatoms. The summed E-state index contributed by atoms with van der Waals surface area (Å²) in [5, 5.41) is 9.41. The van der Waals surface area contributed by atoms with Crippen LogP contribution in [-0.4, -0.2) is 11.5 Å². The summed E-state index contributed by atoms with van der Waals surface area (Å²) >= 11 is 0. The van der Waals surface area contributed by atoms with E-state index >= 15 is 0 Å². The summed E-state index contributed by atoms with van der Waals surface area (Å²) in [5.74, 6) is -0.555. The zero-order valence-electron chi connectivity index (χ0n) is 8.30. The van der Waals surface area contributed by atoms with Gasteiger partial charge in [-0.2, -0.15) is 0 Å². The number of rotatable bonds is 2. The molecule has 0 aliphatic rings. The molecule has 1 rings (SSSR count). The van der Waals surface area contributed by atoms with E-state index in [-0.39, 0.29) is 11.7 Å². The molecule has 0 aromatic heterocycles. The molecule has 15 heavy (non-hydrogen) atoms.